The van der Waals surface area contributed by atoms with Gasteiger partial charge in [-0.05, 0) is 27.8 Å². The third kappa shape index (κ3) is 24.7. The number of nitrogens with two attached hydrogens (primary N) is 2. The Balaban J connectivity index is 0.000000543. The summed E-state index contributed by atoms with van der Waals surface area (Å²) in [7, 11) is 7.37. The lowest BCUT2D eigenvalue weighted by Gasteiger charge is -2.16. The van der Waals surface area contributed by atoms with Crippen LogP contribution in [0.2, 0.25) is 0 Å². The fourth-order valence-electron chi connectivity index (χ4n) is 6.88. The van der Waals surface area contributed by atoms with Crippen LogP contribution in [0, 0.1) is 0 Å². The molecule has 7 rings (SSSR count). The fraction of sp³-hybridized carbons (Fsp3) is 0.220. The number of hydrogen-bond donors (Lipinski definition) is 4. The second-order valence-corrected chi connectivity index (χ2v) is 16.6. The molecule has 20 nitrogen and oxygen atoms in total. The normalized spacial score (nSPS) is 10.3. The summed E-state index contributed by atoms with van der Waals surface area (Å²) in [5.74, 6) is -0.00341. The summed E-state index contributed by atoms with van der Waals surface area (Å²) >= 11 is 0. The first kappa shape index (κ1) is 68.6. The van der Waals surface area contributed by atoms with Crippen LogP contribution in [0.4, 0.5) is 0 Å². The first-order chi connectivity index (χ1) is 37.6. The van der Waals surface area contributed by atoms with E-state index < -0.39 is 41.5 Å². The number of amides is 2. The van der Waals surface area contributed by atoms with Crippen LogP contribution < -0.4 is 16.9 Å². The van der Waals surface area contributed by atoms with Gasteiger partial charge in [-0.15, -0.1) is 12.4 Å². The van der Waals surface area contributed by atoms with Crippen molar-refractivity contribution in [2.45, 2.75) is 52.0 Å². The van der Waals surface area contributed by atoms with Crippen LogP contribution in [0.15, 0.2) is 185 Å². The van der Waals surface area contributed by atoms with E-state index in [4.69, 9.17) is 20.0 Å². The number of halogens is 1. The Morgan fingerprint density at radius 2 is 1.01 bits per heavy atom. The molecule has 0 fully saturated rings. The minimum atomic E-state index is -1.10. The second kappa shape index (κ2) is 38.2. The number of esters is 3. The highest BCUT2D eigenvalue weighted by Crippen LogP contribution is 2.17. The third-order valence-corrected chi connectivity index (χ3v) is 10.6. The molecule has 21 heteroatoms. The molecule has 0 bridgehead atoms. The molecule has 0 saturated heterocycles. The molecule has 2 aromatic heterocycles. The minimum Gasteiger partial charge on any atom is -0.469 e. The van der Waals surface area contributed by atoms with Gasteiger partial charge in [0.05, 0.1) is 33.7 Å². The zero-order chi connectivity index (χ0) is 57.2. The molecule has 0 spiro atoms. The number of hydrogen-bond acceptors (Lipinski definition) is 18. The highest BCUT2D eigenvalue weighted by Gasteiger charge is 2.28. The fourth-order valence-corrected chi connectivity index (χ4v) is 6.88. The molecule has 1 unspecified atom stereocenters. The maximum atomic E-state index is 12.7. The average Bonchev–Trinajstić information content (AvgIpc) is 4.13. The number of aromatic nitrogens is 2. The zero-order valence-corrected chi connectivity index (χ0v) is 45.0. The number of nitrogens with zero attached hydrogens (tertiary/aromatic N) is 3. The first-order valence-electron chi connectivity index (χ1n) is 23.8. The van der Waals surface area contributed by atoms with E-state index in [2.05, 4.69) is 35.7 Å². The van der Waals surface area contributed by atoms with Gasteiger partial charge in [-0.1, -0.05) is 169 Å². The Morgan fingerprint density at radius 1 is 0.600 bits per heavy atom. The molecule has 2 amide bonds. The predicted molar refractivity (Wildman–Crippen MR) is 299 cm³/mol. The number of primary amides is 1. The van der Waals surface area contributed by atoms with Crippen molar-refractivity contribution in [1.82, 2.24) is 20.5 Å². The summed E-state index contributed by atoms with van der Waals surface area (Å²) in [5.41, 5.74) is 10.4. The van der Waals surface area contributed by atoms with Crippen LogP contribution in [0.1, 0.15) is 73.9 Å². The lowest BCUT2D eigenvalue weighted by molar-refractivity contribution is -0.143. The summed E-state index contributed by atoms with van der Waals surface area (Å²) < 4.78 is 23.9. The number of carbonyl (C=O) groups is 8. The van der Waals surface area contributed by atoms with Crippen LogP contribution in [-0.4, -0.2) is 109 Å². The molecule has 424 valence electrons. The minimum absolute atomic E-state index is 0. The maximum Gasteiger partial charge on any atom is 0.343 e. The van der Waals surface area contributed by atoms with E-state index in [9.17, 15) is 38.4 Å². The number of rotatable bonds is 20. The Bertz CT molecular complexity index is 3010. The van der Waals surface area contributed by atoms with E-state index in [1.807, 2.05) is 127 Å². The lowest BCUT2D eigenvalue weighted by Crippen LogP contribution is -2.47. The zero-order valence-electron chi connectivity index (χ0n) is 44.1. The van der Waals surface area contributed by atoms with Crippen molar-refractivity contribution >= 4 is 59.5 Å². The molecule has 7 aromatic rings. The summed E-state index contributed by atoms with van der Waals surface area (Å²) in [6.07, 6.45) is 5.54. The van der Waals surface area contributed by atoms with Gasteiger partial charge in [0, 0.05) is 52.4 Å². The van der Waals surface area contributed by atoms with Gasteiger partial charge in [0.1, 0.15) is 34.9 Å². The summed E-state index contributed by atoms with van der Waals surface area (Å²) in [6.45, 7) is 0. The van der Waals surface area contributed by atoms with Crippen molar-refractivity contribution in [3.8, 4) is 0 Å². The van der Waals surface area contributed by atoms with Crippen LogP contribution in [0.5, 0.6) is 0 Å². The maximum absolute atomic E-state index is 12.7. The van der Waals surface area contributed by atoms with E-state index >= 15 is 0 Å². The molecule has 0 radical (unpaired) electrons. The Morgan fingerprint density at radius 3 is 1.43 bits per heavy atom. The van der Waals surface area contributed by atoms with Crippen molar-refractivity contribution in [2.24, 2.45) is 11.6 Å². The topological polar surface area (TPSA) is 304 Å². The smallest absolute Gasteiger partial charge is 0.343 e. The van der Waals surface area contributed by atoms with Crippen LogP contribution in [-0.2, 0) is 75.1 Å². The number of ether oxygens (including phenoxy) is 3. The van der Waals surface area contributed by atoms with Gasteiger partial charge >= 0.3 is 17.9 Å². The summed E-state index contributed by atoms with van der Waals surface area (Å²) in [4.78, 5) is 95.0. The number of benzene rings is 5. The Kier molecular flexibility index (Phi) is 32.8. The number of ketones is 3. The molecule has 1 atom stereocenters. The number of carbonyl (C=O) groups excluding carboxylic acids is 8. The van der Waals surface area contributed by atoms with E-state index in [1.54, 1.807) is 43.3 Å². The van der Waals surface area contributed by atoms with Crippen LogP contribution >= 0.6 is 12.4 Å². The number of methoxy groups -OCH3 is 3. The molecule has 0 aliphatic carbocycles. The molecule has 6 N–H and O–H groups in total. The van der Waals surface area contributed by atoms with Crippen molar-refractivity contribution in [1.29, 1.82) is 0 Å². The largest absolute Gasteiger partial charge is 0.469 e. The third-order valence-electron chi connectivity index (χ3n) is 10.6. The molecule has 2 heterocycles. The van der Waals surface area contributed by atoms with Gasteiger partial charge in [0.2, 0.25) is 5.78 Å². The van der Waals surface area contributed by atoms with Gasteiger partial charge in [-0.3, -0.25) is 28.8 Å². The molecular weight excluding hydrogens is 1050 g/mol. The highest BCUT2D eigenvalue weighted by molar-refractivity contribution is 6.38. The molecule has 0 saturated carbocycles. The SMILES string of the molecule is C.COC(=O)C(=CN(C)C)C(=O)Cc1ccccc1.COC(=O)CC(=O)Cc1ccccc1.COC(=O)c1cnoc1Cc1ccccc1.Cl.NC(=O)C(=O)C(Cc1ccccc1)NC(=O)c1cnoc1Cc1ccccc1.NO. The summed E-state index contributed by atoms with van der Waals surface area (Å²) in [6, 6.07) is 45.8. The van der Waals surface area contributed by atoms with Gasteiger partial charge in [0.15, 0.2) is 17.3 Å². The van der Waals surface area contributed by atoms with Crippen molar-refractivity contribution in [3.63, 3.8) is 0 Å². The monoisotopic (exact) mass is 1120 g/mol. The predicted octanol–water partition coefficient (Wildman–Crippen LogP) is 6.88. The Hall–Kier alpha value is -9.37. The van der Waals surface area contributed by atoms with Crippen molar-refractivity contribution in [2.75, 3.05) is 35.4 Å². The van der Waals surface area contributed by atoms with Crippen molar-refractivity contribution in [3.05, 3.63) is 226 Å². The molecule has 0 aliphatic heterocycles. The quantitative estimate of drug-likeness (QED) is 0.0115. The van der Waals surface area contributed by atoms with Gasteiger partial charge in [0.25, 0.3) is 11.8 Å². The standard InChI is InChI=1S/C21H19N3O4.C14H17NO3.C12H11NO3.C11H12O3.CH4.ClH.H3NO/c22-20(26)19(25)17(11-14-7-3-1-4-8-14)24-21(27)16-13-23-28-18(16)12-15-9-5-2-6-10-15;1-15(2)10-12(14(17)18-3)13(16)9-11-7-5-4-6-8-11;1-15-12(14)10-8-13-16-11(10)7-9-5-3-2-4-6-9;1-14-11(13)8-10(12)7-9-5-3-2-4-6-9;;;1-2/h1-10,13,17H,11-12H2,(H2,22,26)(H,24,27);4-8,10H,9H2,1-3H3;2-6,8H,7H2,1H3;2-6H,7-8H2,1H3;1H4;1H;2H,1H2. The lowest BCUT2D eigenvalue weighted by atomic mass is 10.0. The van der Waals surface area contributed by atoms with E-state index in [0.29, 0.717) is 29.9 Å². The molecule has 80 heavy (non-hydrogen) atoms. The van der Waals surface area contributed by atoms with E-state index in [0.717, 1.165) is 27.8 Å². The van der Waals surface area contributed by atoms with Gasteiger partial charge < -0.3 is 44.4 Å². The van der Waals surface area contributed by atoms with Gasteiger partial charge in [-0.2, -0.15) is 0 Å². The Labute approximate surface area is 470 Å². The van der Waals surface area contributed by atoms with E-state index in [-0.39, 0.29) is 68.2 Å². The molecule has 0 aliphatic rings. The first-order valence-corrected chi connectivity index (χ1v) is 23.8. The average molecular weight is 1120 g/mol. The van der Waals surface area contributed by atoms with Crippen molar-refractivity contribution < 1.29 is 66.8 Å². The van der Waals surface area contributed by atoms with Crippen LogP contribution in [0.25, 0.3) is 0 Å². The molecule has 5 aromatic carbocycles. The number of Topliss-reactive ketones (excluding diaryl/α,β-unsaturated/α-hetero) is 3. The van der Waals surface area contributed by atoms with E-state index in [1.165, 1.54) is 39.9 Å². The van der Waals surface area contributed by atoms with Gasteiger partial charge in [-0.25, -0.2) is 15.5 Å². The second-order valence-electron chi connectivity index (χ2n) is 16.6. The highest BCUT2D eigenvalue weighted by atomic mass is 35.5. The summed E-state index contributed by atoms with van der Waals surface area (Å²) in [5, 5.41) is 16.4. The van der Waals surface area contributed by atoms with Crippen LogP contribution in [0.3, 0.4) is 0 Å². The number of nitrogens with one attached hydrogen (secondary N) is 1. The molecular formula is C59H67ClN6O14.